The molecule has 3 rings (SSSR count). The summed E-state index contributed by atoms with van der Waals surface area (Å²) in [5, 5.41) is 3.25. The molecule has 0 aromatic heterocycles. The maximum absolute atomic E-state index is 12.6. The van der Waals surface area contributed by atoms with Gasteiger partial charge in [0.05, 0.1) is 18.1 Å². The smallest absolute Gasteiger partial charge is 0.229 e. The molecule has 26 heavy (non-hydrogen) atoms. The van der Waals surface area contributed by atoms with Gasteiger partial charge in [-0.3, -0.25) is 9.59 Å². The first-order valence-corrected chi connectivity index (χ1v) is 8.79. The molecule has 0 bridgehead atoms. The Labute approximate surface area is 157 Å². The van der Waals surface area contributed by atoms with Gasteiger partial charge in [-0.15, -0.1) is 0 Å². The van der Waals surface area contributed by atoms with Gasteiger partial charge in [0.25, 0.3) is 0 Å². The number of benzene rings is 2. The van der Waals surface area contributed by atoms with Crippen molar-refractivity contribution < 1.29 is 14.3 Å². The first-order valence-electron chi connectivity index (χ1n) is 8.41. The molecule has 5 nitrogen and oxygen atoms in total. The molecule has 1 aliphatic rings. The number of aryl methyl sites for hydroxylation is 2. The summed E-state index contributed by atoms with van der Waals surface area (Å²) in [6, 6.07) is 10.9. The highest BCUT2D eigenvalue weighted by Gasteiger charge is 2.35. The molecule has 1 saturated heterocycles. The summed E-state index contributed by atoms with van der Waals surface area (Å²) in [7, 11) is 1.53. The predicted molar refractivity (Wildman–Crippen MR) is 103 cm³/mol. The van der Waals surface area contributed by atoms with Crippen molar-refractivity contribution in [1.29, 1.82) is 0 Å². The van der Waals surface area contributed by atoms with Crippen molar-refractivity contribution in [2.45, 2.75) is 20.3 Å². The zero-order valence-electron chi connectivity index (χ0n) is 15.0. The number of amides is 2. The highest BCUT2D eigenvalue weighted by Crippen LogP contribution is 2.30. The molecule has 2 amide bonds. The third-order valence-corrected chi connectivity index (χ3v) is 5.01. The van der Waals surface area contributed by atoms with Crippen molar-refractivity contribution in [2.24, 2.45) is 5.92 Å². The van der Waals surface area contributed by atoms with Crippen LogP contribution in [0, 0.1) is 19.8 Å². The number of nitrogens with zero attached hydrogens (tertiary/aromatic N) is 1. The average Bonchev–Trinajstić information content (AvgIpc) is 2.99. The number of ether oxygens (including phenoxy) is 1. The molecule has 2 aromatic carbocycles. The average molecular weight is 373 g/mol. The number of hydrogen-bond donors (Lipinski definition) is 1. The summed E-state index contributed by atoms with van der Waals surface area (Å²) >= 11 is 6.09. The molecule has 1 N–H and O–H groups in total. The van der Waals surface area contributed by atoms with Crippen LogP contribution in [0.1, 0.15) is 17.5 Å². The lowest BCUT2D eigenvalue weighted by molar-refractivity contribution is -0.122. The van der Waals surface area contributed by atoms with Crippen molar-refractivity contribution in [1.82, 2.24) is 0 Å². The normalized spacial score (nSPS) is 16.7. The topological polar surface area (TPSA) is 58.6 Å². The number of methoxy groups -OCH3 is 1. The molecule has 136 valence electrons. The van der Waals surface area contributed by atoms with Crippen LogP contribution in [-0.2, 0) is 9.59 Å². The van der Waals surface area contributed by atoms with Crippen LogP contribution in [0.5, 0.6) is 5.75 Å². The van der Waals surface area contributed by atoms with Crippen LogP contribution in [0.3, 0.4) is 0 Å². The van der Waals surface area contributed by atoms with Crippen molar-refractivity contribution in [3.63, 3.8) is 0 Å². The summed E-state index contributed by atoms with van der Waals surface area (Å²) in [5.41, 5.74) is 3.71. The molecule has 2 aromatic rings. The number of halogens is 1. The van der Waals surface area contributed by atoms with E-state index in [0.29, 0.717) is 23.0 Å². The first kappa shape index (κ1) is 18.3. The lowest BCUT2D eigenvalue weighted by atomic mass is 10.1. The zero-order chi connectivity index (χ0) is 18.8. The van der Waals surface area contributed by atoms with E-state index in [9.17, 15) is 9.59 Å². The van der Waals surface area contributed by atoms with Crippen LogP contribution in [0.4, 0.5) is 11.4 Å². The molecule has 0 radical (unpaired) electrons. The van der Waals surface area contributed by atoms with Gasteiger partial charge in [0.1, 0.15) is 5.75 Å². The molecule has 0 aliphatic carbocycles. The predicted octanol–water partition coefficient (Wildman–Crippen LogP) is 3.96. The molecule has 6 heteroatoms. The van der Waals surface area contributed by atoms with E-state index in [1.165, 1.54) is 12.7 Å². The molecule has 1 atom stereocenters. The molecule has 0 spiro atoms. The Morgan fingerprint density at radius 1 is 1.19 bits per heavy atom. The highest BCUT2D eigenvalue weighted by molar-refractivity contribution is 6.32. The Morgan fingerprint density at radius 2 is 1.96 bits per heavy atom. The molecule has 1 aliphatic heterocycles. The lowest BCUT2D eigenvalue weighted by Crippen LogP contribution is -2.28. The lowest BCUT2D eigenvalue weighted by Gasteiger charge is -2.18. The van der Waals surface area contributed by atoms with Gasteiger partial charge < -0.3 is 15.0 Å². The number of hydrogen-bond acceptors (Lipinski definition) is 3. The standard InChI is InChI=1S/C20H21ClN2O3/c1-12-4-6-16(8-13(12)2)23-11-14(9-19(23)24)20(25)22-15-5-7-18(26-3)17(21)10-15/h4-8,10,14H,9,11H2,1-3H3,(H,22,25). The fraction of sp³-hybridized carbons (Fsp3) is 0.300. The van der Waals surface area contributed by atoms with E-state index in [1.54, 1.807) is 23.1 Å². The Morgan fingerprint density at radius 3 is 2.62 bits per heavy atom. The van der Waals surface area contributed by atoms with E-state index in [0.717, 1.165) is 11.3 Å². The van der Waals surface area contributed by atoms with Gasteiger partial charge in [0.2, 0.25) is 11.8 Å². The van der Waals surface area contributed by atoms with Crippen LogP contribution in [0.25, 0.3) is 0 Å². The largest absolute Gasteiger partial charge is 0.495 e. The molecular weight excluding hydrogens is 352 g/mol. The van der Waals surface area contributed by atoms with Crippen molar-refractivity contribution in [3.8, 4) is 5.75 Å². The second-order valence-electron chi connectivity index (χ2n) is 6.51. The number of anilines is 2. The van der Waals surface area contributed by atoms with Crippen LogP contribution in [-0.4, -0.2) is 25.5 Å². The van der Waals surface area contributed by atoms with Gasteiger partial charge in [-0.05, 0) is 55.3 Å². The maximum Gasteiger partial charge on any atom is 0.229 e. The SMILES string of the molecule is COc1ccc(NC(=O)C2CC(=O)N(c3ccc(C)c(C)c3)C2)cc1Cl. The monoisotopic (exact) mass is 372 g/mol. The summed E-state index contributed by atoms with van der Waals surface area (Å²) in [6.45, 7) is 4.41. The van der Waals surface area contributed by atoms with Crippen molar-refractivity contribution >= 4 is 34.8 Å². The Bertz CT molecular complexity index is 866. The van der Waals surface area contributed by atoms with E-state index in [4.69, 9.17) is 16.3 Å². The molecular formula is C20H21ClN2O3. The van der Waals surface area contributed by atoms with Crippen molar-refractivity contribution in [3.05, 3.63) is 52.5 Å². The van der Waals surface area contributed by atoms with Gasteiger partial charge >= 0.3 is 0 Å². The number of carbonyl (C=O) groups is 2. The van der Waals surface area contributed by atoms with E-state index in [1.807, 2.05) is 32.0 Å². The third kappa shape index (κ3) is 3.68. The second kappa shape index (κ2) is 7.38. The Balaban J connectivity index is 1.70. The number of carbonyl (C=O) groups excluding carboxylic acids is 2. The summed E-state index contributed by atoms with van der Waals surface area (Å²) in [6.07, 6.45) is 0.197. The van der Waals surface area contributed by atoms with Gasteiger partial charge in [0.15, 0.2) is 0 Å². The summed E-state index contributed by atoms with van der Waals surface area (Å²) in [5.74, 6) is -0.0845. The second-order valence-corrected chi connectivity index (χ2v) is 6.92. The van der Waals surface area contributed by atoms with Gasteiger partial charge in [-0.1, -0.05) is 17.7 Å². The third-order valence-electron chi connectivity index (χ3n) is 4.72. The van der Waals surface area contributed by atoms with E-state index >= 15 is 0 Å². The molecule has 1 fully saturated rings. The first-order chi connectivity index (χ1) is 12.4. The summed E-state index contributed by atoms with van der Waals surface area (Å²) < 4.78 is 5.10. The number of nitrogens with one attached hydrogen (secondary N) is 1. The fourth-order valence-corrected chi connectivity index (χ4v) is 3.27. The minimum absolute atomic E-state index is 0.0406. The van der Waals surface area contributed by atoms with Gasteiger partial charge in [-0.25, -0.2) is 0 Å². The highest BCUT2D eigenvalue weighted by atomic mass is 35.5. The Hall–Kier alpha value is -2.53. The quantitative estimate of drug-likeness (QED) is 0.883. The minimum atomic E-state index is -0.398. The minimum Gasteiger partial charge on any atom is -0.495 e. The van der Waals surface area contributed by atoms with Gasteiger partial charge in [-0.2, -0.15) is 0 Å². The Kier molecular flexibility index (Phi) is 5.18. The fourth-order valence-electron chi connectivity index (χ4n) is 3.01. The van der Waals surface area contributed by atoms with Crippen LogP contribution < -0.4 is 15.0 Å². The molecule has 1 heterocycles. The summed E-state index contributed by atoms with van der Waals surface area (Å²) in [4.78, 5) is 26.6. The van der Waals surface area contributed by atoms with Gasteiger partial charge in [0, 0.05) is 24.3 Å². The zero-order valence-corrected chi connectivity index (χ0v) is 15.8. The van der Waals surface area contributed by atoms with Crippen LogP contribution in [0.15, 0.2) is 36.4 Å². The van der Waals surface area contributed by atoms with E-state index in [-0.39, 0.29) is 18.2 Å². The maximum atomic E-state index is 12.6. The molecule has 1 unspecified atom stereocenters. The van der Waals surface area contributed by atoms with Crippen LogP contribution >= 0.6 is 11.6 Å². The number of rotatable bonds is 4. The van der Waals surface area contributed by atoms with Crippen LogP contribution in [0.2, 0.25) is 5.02 Å². The van der Waals surface area contributed by atoms with E-state index < -0.39 is 5.92 Å². The molecule has 0 saturated carbocycles. The van der Waals surface area contributed by atoms with Crippen molar-refractivity contribution in [2.75, 3.05) is 23.9 Å². The van der Waals surface area contributed by atoms with E-state index in [2.05, 4.69) is 5.32 Å².